The van der Waals surface area contributed by atoms with E-state index < -0.39 is 4.92 Å². The van der Waals surface area contributed by atoms with Crippen LogP contribution in [-0.2, 0) is 0 Å². The highest BCUT2D eigenvalue weighted by Crippen LogP contribution is 2.28. The number of anilines is 1. The van der Waals surface area contributed by atoms with Gasteiger partial charge in [0.2, 0.25) is 0 Å². The minimum absolute atomic E-state index is 0.0165. The van der Waals surface area contributed by atoms with Crippen LogP contribution >= 0.6 is 0 Å². The van der Waals surface area contributed by atoms with Crippen LogP contribution in [0.1, 0.15) is 6.92 Å². The predicted molar refractivity (Wildman–Crippen MR) is 70.5 cm³/mol. The maximum absolute atomic E-state index is 11.0. The second-order valence-corrected chi connectivity index (χ2v) is 3.72. The lowest BCUT2D eigenvalue weighted by Gasteiger charge is -2.06. The van der Waals surface area contributed by atoms with Gasteiger partial charge in [-0.2, -0.15) is 0 Å². The molecule has 0 atom stereocenters. The van der Waals surface area contributed by atoms with Gasteiger partial charge in [-0.1, -0.05) is 30.3 Å². The van der Waals surface area contributed by atoms with Gasteiger partial charge < -0.3 is 5.32 Å². The van der Waals surface area contributed by atoms with Gasteiger partial charge in [-0.25, -0.2) is 4.98 Å². The van der Waals surface area contributed by atoms with Gasteiger partial charge in [0.05, 0.1) is 4.92 Å². The minimum Gasteiger partial charge on any atom is -0.370 e. The van der Waals surface area contributed by atoms with E-state index >= 15 is 0 Å². The Labute approximate surface area is 105 Å². The molecule has 0 aliphatic rings. The summed E-state index contributed by atoms with van der Waals surface area (Å²) in [5.41, 5.74) is 1.14. The average molecular weight is 243 g/mol. The molecule has 0 radical (unpaired) electrons. The van der Waals surface area contributed by atoms with Gasteiger partial charge in [-0.15, -0.1) is 0 Å². The fraction of sp³-hybridized carbons (Fsp3) is 0.154. The number of pyridine rings is 1. The van der Waals surface area contributed by atoms with Crippen molar-refractivity contribution in [3.05, 3.63) is 52.6 Å². The Morgan fingerprint density at radius 1 is 1.22 bits per heavy atom. The number of hydrogen-bond acceptors (Lipinski definition) is 4. The van der Waals surface area contributed by atoms with Crippen molar-refractivity contribution in [1.82, 2.24) is 4.98 Å². The highest BCUT2D eigenvalue weighted by molar-refractivity contribution is 5.71. The number of nitrogens with one attached hydrogen (secondary N) is 1. The van der Waals surface area contributed by atoms with Crippen molar-refractivity contribution in [2.45, 2.75) is 6.92 Å². The number of rotatable bonds is 4. The van der Waals surface area contributed by atoms with E-state index in [4.69, 9.17) is 0 Å². The largest absolute Gasteiger partial charge is 0.370 e. The van der Waals surface area contributed by atoms with Gasteiger partial charge in [-0.05, 0) is 13.0 Å². The Morgan fingerprint density at radius 3 is 2.56 bits per heavy atom. The molecule has 92 valence electrons. The molecule has 1 heterocycles. The van der Waals surface area contributed by atoms with Crippen LogP contribution in [0.15, 0.2) is 42.5 Å². The van der Waals surface area contributed by atoms with Crippen LogP contribution in [0.25, 0.3) is 11.3 Å². The van der Waals surface area contributed by atoms with Crippen molar-refractivity contribution < 1.29 is 4.92 Å². The molecular weight excluding hydrogens is 230 g/mol. The molecular formula is C13H13N3O2. The zero-order valence-corrected chi connectivity index (χ0v) is 9.96. The maximum atomic E-state index is 11.0. The molecule has 2 aromatic rings. The SMILES string of the molecule is CCNc1ccc([N+](=O)[O-])c(-c2ccccc2)n1. The van der Waals surface area contributed by atoms with Crippen LogP contribution in [-0.4, -0.2) is 16.5 Å². The molecule has 0 aliphatic heterocycles. The average Bonchev–Trinajstić information content (AvgIpc) is 2.40. The molecule has 0 aliphatic carbocycles. The molecule has 1 aromatic carbocycles. The van der Waals surface area contributed by atoms with E-state index in [0.717, 1.165) is 12.1 Å². The van der Waals surface area contributed by atoms with Gasteiger partial charge in [0.15, 0.2) is 5.69 Å². The topological polar surface area (TPSA) is 68.1 Å². The van der Waals surface area contributed by atoms with Crippen LogP contribution in [0.3, 0.4) is 0 Å². The standard InChI is InChI=1S/C13H13N3O2/c1-2-14-12-9-8-11(16(17)18)13(15-12)10-6-4-3-5-7-10/h3-9H,2H2,1H3,(H,14,15). The van der Waals surface area contributed by atoms with Gasteiger partial charge in [0, 0.05) is 18.2 Å². The lowest BCUT2D eigenvalue weighted by Crippen LogP contribution is -2.02. The predicted octanol–water partition coefficient (Wildman–Crippen LogP) is 3.09. The molecule has 0 bridgehead atoms. The highest BCUT2D eigenvalue weighted by atomic mass is 16.6. The Bertz CT molecular complexity index is 555. The lowest BCUT2D eigenvalue weighted by atomic mass is 10.1. The lowest BCUT2D eigenvalue weighted by molar-refractivity contribution is -0.384. The number of hydrogen-bond donors (Lipinski definition) is 1. The summed E-state index contributed by atoms with van der Waals surface area (Å²) >= 11 is 0. The summed E-state index contributed by atoms with van der Waals surface area (Å²) in [7, 11) is 0. The summed E-state index contributed by atoms with van der Waals surface area (Å²) in [6, 6.07) is 12.3. The summed E-state index contributed by atoms with van der Waals surface area (Å²) < 4.78 is 0. The summed E-state index contributed by atoms with van der Waals surface area (Å²) in [6.07, 6.45) is 0. The fourth-order valence-electron chi connectivity index (χ4n) is 1.69. The molecule has 5 heteroatoms. The molecule has 0 spiro atoms. The first-order valence-electron chi connectivity index (χ1n) is 5.67. The Morgan fingerprint density at radius 2 is 1.94 bits per heavy atom. The minimum atomic E-state index is -0.412. The molecule has 1 aromatic heterocycles. The monoisotopic (exact) mass is 243 g/mol. The molecule has 0 amide bonds. The Hall–Kier alpha value is -2.43. The summed E-state index contributed by atoms with van der Waals surface area (Å²) in [5, 5.41) is 14.1. The summed E-state index contributed by atoms with van der Waals surface area (Å²) in [6.45, 7) is 2.67. The first-order chi connectivity index (χ1) is 8.72. The van der Waals surface area contributed by atoms with Crippen LogP contribution in [0.4, 0.5) is 11.5 Å². The van der Waals surface area contributed by atoms with E-state index in [0.29, 0.717) is 11.5 Å². The van der Waals surface area contributed by atoms with Crippen molar-refractivity contribution in [3.8, 4) is 11.3 Å². The fourth-order valence-corrected chi connectivity index (χ4v) is 1.69. The van der Waals surface area contributed by atoms with E-state index in [1.807, 2.05) is 37.3 Å². The van der Waals surface area contributed by atoms with E-state index in [2.05, 4.69) is 10.3 Å². The van der Waals surface area contributed by atoms with Crippen molar-refractivity contribution in [2.24, 2.45) is 0 Å². The second-order valence-electron chi connectivity index (χ2n) is 3.72. The van der Waals surface area contributed by atoms with Crippen molar-refractivity contribution in [2.75, 3.05) is 11.9 Å². The Balaban J connectivity index is 2.54. The molecule has 2 rings (SSSR count). The first-order valence-corrected chi connectivity index (χ1v) is 5.67. The second kappa shape index (κ2) is 5.27. The van der Waals surface area contributed by atoms with Crippen molar-refractivity contribution in [1.29, 1.82) is 0 Å². The summed E-state index contributed by atoms with van der Waals surface area (Å²) in [5.74, 6) is 0.641. The van der Waals surface area contributed by atoms with E-state index in [-0.39, 0.29) is 5.69 Å². The van der Waals surface area contributed by atoms with E-state index in [1.165, 1.54) is 6.07 Å². The van der Waals surface area contributed by atoms with Crippen LogP contribution in [0, 0.1) is 10.1 Å². The third-order valence-electron chi connectivity index (χ3n) is 2.48. The molecule has 0 saturated carbocycles. The first kappa shape index (κ1) is 12.0. The van der Waals surface area contributed by atoms with Crippen molar-refractivity contribution >= 4 is 11.5 Å². The molecule has 0 fully saturated rings. The molecule has 0 saturated heterocycles. The molecule has 0 unspecified atom stereocenters. The van der Waals surface area contributed by atoms with Gasteiger partial charge in [-0.3, -0.25) is 10.1 Å². The van der Waals surface area contributed by atoms with E-state index in [9.17, 15) is 10.1 Å². The normalized spacial score (nSPS) is 10.1. The van der Waals surface area contributed by atoms with Gasteiger partial charge in [0.1, 0.15) is 5.82 Å². The molecule has 5 nitrogen and oxygen atoms in total. The van der Waals surface area contributed by atoms with Gasteiger partial charge >= 0.3 is 0 Å². The van der Waals surface area contributed by atoms with Crippen LogP contribution in [0.5, 0.6) is 0 Å². The quantitative estimate of drug-likeness (QED) is 0.661. The smallest absolute Gasteiger partial charge is 0.295 e. The van der Waals surface area contributed by atoms with Crippen LogP contribution in [0.2, 0.25) is 0 Å². The number of nitro groups is 1. The zero-order chi connectivity index (χ0) is 13.0. The molecule has 1 N–H and O–H groups in total. The number of nitrogens with zero attached hydrogens (tertiary/aromatic N) is 2. The third kappa shape index (κ3) is 2.45. The van der Waals surface area contributed by atoms with E-state index in [1.54, 1.807) is 6.07 Å². The van der Waals surface area contributed by atoms with Crippen molar-refractivity contribution in [3.63, 3.8) is 0 Å². The number of aromatic nitrogens is 1. The van der Waals surface area contributed by atoms with Gasteiger partial charge in [0.25, 0.3) is 5.69 Å². The highest BCUT2D eigenvalue weighted by Gasteiger charge is 2.17. The summed E-state index contributed by atoms with van der Waals surface area (Å²) in [4.78, 5) is 14.9. The molecule has 18 heavy (non-hydrogen) atoms. The number of benzene rings is 1. The zero-order valence-electron chi connectivity index (χ0n) is 9.96. The maximum Gasteiger partial charge on any atom is 0.295 e. The Kier molecular flexibility index (Phi) is 3.52. The van der Waals surface area contributed by atoms with Crippen LogP contribution < -0.4 is 5.32 Å². The third-order valence-corrected chi connectivity index (χ3v) is 2.48.